The Morgan fingerprint density at radius 3 is 2.65 bits per heavy atom. The average Bonchev–Trinajstić information content (AvgIpc) is 3.03. The fourth-order valence-electron chi connectivity index (χ4n) is 3.29. The van der Waals surface area contributed by atoms with Crippen molar-refractivity contribution in [1.82, 2.24) is 25.1 Å². The molecule has 0 unspecified atom stereocenters. The van der Waals surface area contributed by atoms with Gasteiger partial charge in [-0.2, -0.15) is 0 Å². The highest BCUT2D eigenvalue weighted by Gasteiger charge is 2.19. The van der Waals surface area contributed by atoms with Crippen LogP contribution in [0, 0.1) is 5.92 Å². The molecule has 2 aromatic heterocycles. The Bertz CT molecular complexity index is 710. The molecule has 0 saturated heterocycles. The standard InChI is InChI=1S/C19H27N5OS/c1-14(2)12-24-18(15-8-10-20-11-9-15)22-23-19(24)26-13-17(25)21-16-6-4-3-5-7-16/h8-11,14,16H,3-7,12-13H2,1-2H3,(H,21,25). The largest absolute Gasteiger partial charge is 0.353 e. The molecule has 0 aliphatic heterocycles. The van der Waals surface area contributed by atoms with Crippen LogP contribution in [0.25, 0.3) is 11.4 Å². The number of hydrogen-bond acceptors (Lipinski definition) is 5. The van der Waals surface area contributed by atoms with Gasteiger partial charge in [-0.05, 0) is 30.9 Å². The molecule has 2 aromatic rings. The van der Waals surface area contributed by atoms with Gasteiger partial charge in [0.25, 0.3) is 0 Å². The summed E-state index contributed by atoms with van der Waals surface area (Å²) in [4.78, 5) is 16.4. The van der Waals surface area contributed by atoms with Crippen molar-refractivity contribution in [3.63, 3.8) is 0 Å². The number of carbonyl (C=O) groups excluding carboxylic acids is 1. The lowest BCUT2D eigenvalue weighted by atomic mass is 9.95. The Morgan fingerprint density at radius 2 is 1.96 bits per heavy atom. The maximum absolute atomic E-state index is 12.3. The van der Waals surface area contributed by atoms with Crippen molar-refractivity contribution in [2.45, 2.75) is 63.7 Å². The summed E-state index contributed by atoms with van der Waals surface area (Å²) in [5.74, 6) is 1.76. The van der Waals surface area contributed by atoms with E-state index in [1.54, 1.807) is 12.4 Å². The highest BCUT2D eigenvalue weighted by Crippen LogP contribution is 2.25. The van der Waals surface area contributed by atoms with Gasteiger partial charge in [-0.25, -0.2) is 0 Å². The predicted octanol–water partition coefficient (Wildman–Crippen LogP) is 3.54. The number of rotatable bonds is 7. The van der Waals surface area contributed by atoms with Gasteiger partial charge in [0, 0.05) is 30.5 Å². The van der Waals surface area contributed by atoms with Crippen molar-refractivity contribution in [3.05, 3.63) is 24.5 Å². The maximum Gasteiger partial charge on any atom is 0.230 e. The predicted molar refractivity (Wildman–Crippen MR) is 104 cm³/mol. The summed E-state index contributed by atoms with van der Waals surface area (Å²) in [7, 11) is 0. The molecule has 1 amide bonds. The second kappa shape index (κ2) is 9.16. The highest BCUT2D eigenvalue weighted by atomic mass is 32.2. The number of nitrogens with one attached hydrogen (secondary N) is 1. The third kappa shape index (κ3) is 5.06. The number of carbonyl (C=O) groups is 1. The van der Waals surface area contributed by atoms with Crippen molar-refractivity contribution < 1.29 is 4.79 Å². The summed E-state index contributed by atoms with van der Waals surface area (Å²) in [5.41, 5.74) is 0.992. The normalized spacial score (nSPS) is 15.3. The molecule has 26 heavy (non-hydrogen) atoms. The van der Waals surface area contributed by atoms with Crippen molar-refractivity contribution in [3.8, 4) is 11.4 Å². The highest BCUT2D eigenvalue weighted by molar-refractivity contribution is 7.99. The van der Waals surface area contributed by atoms with Gasteiger partial charge in [-0.15, -0.1) is 10.2 Å². The Balaban J connectivity index is 1.67. The summed E-state index contributed by atoms with van der Waals surface area (Å²) in [6, 6.07) is 4.22. The Labute approximate surface area is 159 Å². The Morgan fingerprint density at radius 1 is 1.23 bits per heavy atom. The topological polar surface area (TPSA) is 72.7 Å². The van der Waals surface area contributed by atoms with Crippen LogP contribution in [0.2, 0.25) is 0 Å². The second-order valence-electron chi connectivity index (χ2n) is 7.24. The van der Waals surface area contributed by atoms with E-state index in [4.69, 9.17) is 0 Å². The lowest BCUT2D eigenvalue weighted by molar-refractivity contribution is -0.119. The Hall–Kier alpha value is -1.89. The molecule has 6 nitrogen and oxygen atoms in total. The van der Waals surface area contributed by atoms with Gasteiger partial charge < -0.3 is 9.88 Å². The number of pyridine rings is 1. The summed E-state index contributed by atoms with van der Waals surface area (Å²) in [6.45, 7) is 5.15. The van der Waals surface area contributed by atoms with E-state index >= 15 is 0 Å². The van der Waals surface area contributed by atoms with Crippen LogP contribution < -0.4 is 5.32 Å². The SMILES string of the molecule is CC(C)Cn1c(SCC(=O)NC2CCCCC2)nnc1-c1ccncc1. The molecule has 0 aromatic carbocycles. The first-order chi connectivity index (χ1) is 12.6. The number of nitrogens with zero attached hydrogens (tertiary/aromatic N) is 4. The molecule has 7 heteroatoms. The third-order valence-corrected chi connectivity index (χ3v) is 5.47. The van der Waals surface area contributed by atoms with Crippen molar-refractivity contribution in [2.24, 2.45) is 5.92 Å². The van der Waals surface area contributed by atoms with Crippen LogP contribution in [0.15, 0.2) is 29.7 Å². The van der Waals surface area contributed by atoms with Gasteiger partial charge in [0.2, 0.25) is 5.91 Å². The molecule has 0 atom stereocenters. The summed E-state index contributed by atoms with van der Waals surface area (Å²) in [6.07, 6.45) is 9.45. The molecule has 1 aliphatic rings. The number of amides is 1. The monoisotopic (exact) mass is 373 g/mol. The Kier molecular flexibility index (Phi) is 6.66. The van der Waals surface area contributed by atoms with Crippen LogP contribution in [0.5, 0.6) is 0 Å². The molecule has 1 saturated carbocycles. The molecule has 2 heterocycles. The minimum Gasteiger partial charge on any atom is -0.353 e. The van der Waals surface area contributed by atoms with Crippen molar-refractivity contribution >= 4 is 17.7 Å². The van der Waals surface area contributed by atoms with E-state index in [1.165, 1.54) is 31.0 Å². The third-order valence-electron chi connectivity index (χ3n) is 4.51. The number of hydrogen-bond donors (Lipinski definition) is 1. The molecule has 140 valence electrons. The zero-order valence-electron chi connectivity index (χ0n) is 15.5. The van der Waals surface area contributed by atoms with E-state index in [2.05, 4.69) is 38.9 Å². The van der Waals surface area contributed by atoms with Gasteiger partial charge in [-0.3, -0.25) is 9.78 Å². The van der Waals surface area contributed by atoms with Gasteiger partial charge in [0.15, 0.2) is 11.0 Å². The molecule has 1 N–H and O–H groups in total. The molecular formula is C19H27N5OS. The first-order valence-electron chi connectivity index (χ1n) is 9.39. The van der Waals surface area contributed by atoms with Gasteiger partial charge in [0.1, 0.15) is 0 Å². The molecule has 0 radical (unpaired) electrons. The smallest absolute Gasteiger partial charge is 0.230 e. The molecule has 1 fully saturated rings. The number of aromatic nitrogens is 4. The molecule has 1 aliphatic carbocycles. The lowest BCUT2D eigenvalue weighted by Gasteiger charge is -2.22. The van der Waals surface area contributed by atoms with Gasteiger partial charge in [-0.1, -0.05) is 44.9 Å². The molecule has 3 rings (SSSR count). The summed E-state index contributed by atoms with van der Waals surface area (Å²) in [5, 5.41) is 12.7. The zero-order chi connectivity index (χ0) is 18.4. The summed E-state index contributed by atoms with van der Waals surface area (Å²) < 4.78 is 2.11. The zero-order valence-corrected chi connectivity index (χ0v) is 16.3. The van der Waals surface area contributed by atoms with Crippen molar-refractivity contribution in [2.75, 3.05) is 5.75 Å². The fraction of sp³-hybridized carbons (Fsp3) is 0.579. The van der Waals surface area contributed by atoms with Gasteiger partial charge in [0.05, 0.1) is 5.75 Å². The minimum atomic E-state index is 0.0893. The van der Waals surface area contributed by atoms with E-state index in [0.717, 1.165) is 35.9 Å². The summed E-state index contributed by atoms with van der Waals surface area (Å²) >= 11 is 1.46. The van der Waals surface area contributed by atoms with Crippen LogP contribution in [0.3, 0.4) is 0 Å². The van der Waals surface area contributed by atoms with Crippen LogP contribution in [-0.4, -0.2) is 37.5 Å². The van der Waals surface area contributed by atoms with Crippen LogP contribution in [0.1, 0.15) is 46.0 Å². The van der Waals surface area contributed by atoms with E-state index in [1.807, 2.05) is 12.1 Å². The molecule has 0 bridgehead atoms. The van der Waals surface area contributed by atoms with Crippen molar-refractivity contribution in [1.29, 1.82) is 0 Å². The van der Waals surface area contributed by atoms with E-state index < -0.39 is 0 Å². The lowest BCUT2D eigenvalue weighted by Crippen LogP contribution is -2.37. The van der Waals surface area contributed by atoms with E-state index in [0.29, 0.717) is 17.7 Å². The first kappa shape index (κ1) is 18.9. The van der Waals surface area contributed by atoms with Gasteiger partial charge >= 0.3 is 0 Å². The molecular weight excluding hydrogens is 346 g/mol. The number of thioether (sulfide) groups is 1. The maximum atomic E-state index is 12.3. The minimum absolute atomic E-state index is 0.0893. The van der Waals surface area contributed by atoms with Crippen LogP contribution in [0.4, 0.5) is 0 Å². The van der Waals surface area contributed by atoms with E-state index in [9.17, 15) is 4.79 Å². The van der Waals surface area contributed by atoms with E-state index in [-0.39, 0.29) is 5.91 Å². The van der Waals surface area contributed by atoms with Crippen LogP contribution in [-0.2, 0) is 11.3 Å². The molecule has 0 spiro atoms. The fourth-order valence-corrected chi connectivity index (χ4v) is 4.05. The average molecular weight is 374 g/mol. The van der Waals surface area contributed by atoms with Crippen LogP contribution >= 0.6 is 11.8 Å². The first-order valence-corrected chi connectivity index (χ1v) is 10.4. The quantitative estimate of drug-likeness (QED) is 0.752. The second-order valence-corrected chi connectivity index (χ2v) is 8.18.